The van der Waals surface area contributed by atoms with Gasteiger partial charge < -0.3 is 14.6 Å². The maximum absolute atomic E-state index is 12.4. The van der Waals surface area contributed by atoms with E-state index in [0.717, 1.165) is 11.5 Å². The quantitative estimate of drug-likeness (QED) is 0.393. The van der Waals surface area contributed by atoms with Crippen molar-refractivity contribution in [2.24, 2.45) is 0 Å². The third-order valence-electron chi connectivity index (χ3n) is 4.98. The highest BCUT2D eigenvalue weighted by molar-refractivity contribution is 7.98. The van der Waals surface area contributed by atoms with Gasteiger partial charge in [-0.15, -0.1) is 11.8 Å². The number of benzene rings is 3. The summed E-state index contributed by atoms with van der Waals surface area (Å²) >= 11 is 1.84. The number of hydrogen-bond donors (Lipinski definition) is 1. The van der Waals surface area contributed by atoms with Crippen LogP contribution < -0.4 is 10.1 Å². The van der Waals surface area contributed by atoms with Gasteiger partial charge in [0.2, 0.25) is 0 Å². The summed E-state index contributed by atoms with van der Waals surface area (Å²) in [6.07, 6.45) is 2.19. The van der Waals surface area contributed by atoms with Gasteiger partial charge in [-0.05, 0) is 35.9 Å². The molecule has 0 aliphatic carbocycles. The topological polar surface area (TPSA) is 43.3 Å². The number of carbonyl (C=O) groups is 1. The molecule has 152 valence electrons. The molecule has 1 aromatic heterocycles. The number of amides is 1. The van der Waals surface area contributed by atoms with Crippen LogP contribution in [-0.2, 0) is 12.3 Å². The van der Waals surface area contributed by atoms with Crippen LogP contribution in [0, 0.1) is 0 Å². The number of aromatic nitrogens is 1. The number of methoxy groups -OCH3 is 1. The van der Waals surface area contributed by atoms with E-state index in [4.69, 9.17) is 4.74 Å². The second-order valence-corrected chi connectivity index (χ2v) is 7.98. The zero-order valence-corrected chi connectivity index (χ0v) is 17.7. The van der Waals surface area contributed by atoms with E-state index in [2.05, 4.69) is 64.6 Å². The van der Waals surface area contributed by atoms with Crippen LogP contribution in [0.2, 0.25) is 0 Å². The summed E-state index contributed by atoms with van der Waals surface area (Å²) in [4.78, 5) is 13.7. The molecule has 0 radical (unpaired) electrons. The second-order valence-electron chi connectivity index (χ2n) is 6.96. The molecule has 4 rings (SSSR count). The van der Waals surface area contributed by atoms with Crippen LogP contribution in [-0.4, -0.2) is 24.1 Å². The lowest BCUT2D eigenvalue weighted by atomic mass is 10.2. The smallest absolute Gasteiger partial charge is 0.251 e. The number of hydrogen-bond acceptors (Lipinski definition) is 3. The summed E-state index contributed by atoms with van der Waals surface area (Å²) in [5.74, 6) is 1.60. The fraction of sp³-hybridized carbons (Fsp3) is 0.160. The Morgan fingerprint density at radius 2 is 1.70 bits per heavy atom. The van der Waals surface area contributed by atoms with Gasteiger partial charge >= 0.3 is 0 Å². The summed E-state index contributed by atoms with van der Waals surface area (Å²) in [6.45, 7) is 1.28. The minimum absolute atomic E-state index is 0.0761. The molecule has 0 saturated heterocycles. The first-order valence-electron chi connectivity index (χ1n) is 9.91. The van der Waals surface area contributed by atoms with Crippen molar-refractivity contribution in [3.8, 4) is 5.75 Å². The molecule has 0 atom stereocenters. The molecule has 0 aliphatic rings. The van der Waals surface area contributed by atoms with Gasteiger partial charge in [-0.2, -0.15) is 0 Å². The van der Waals surface area contributed by atoms with Crippen molar-refractivity contribution in [1.82, 2.24) is 9.88 Å². The van der Waals surface area contributed by atoms with Gasteiger partial charge in [0.15, 0.2) is 0 Å². The molecular formula is C25H24N2O2S. The zero-order chi connectivity index (χ0) is 20.8. The number of carbonyl (C=O) groups excluding carboxylic acids is 1. The summed E-state index contributed by atoms with van der Waals surface area (Å²) in [5.41, 5.74) is 3.13. The van der Waals surface area contributed by atoms with E-state index in [1.807, 2.05) is 17.8 Å². The maximum Gasteiger partial charge on any atom is 0.251 e. The van der Waals surface area contributed by atoms with Crippen molar-refractivity contribution < 1.29 is 9.53 Å². The van der Waals surface area contributed by atoms with Crippen LogP contribution in [0.3, 0.4) is 0 Å². The third kappa shape index (κ3) is 4.69. The van der Waals surface area contributed by atoms with Crippen molar-refractivity contribution in [3.63, 3.8) is 0 Å². The van der Waals surface area contributed by atoms with Gasteiger partial charge in [-0.25, -0.2) is 0 Å². The van der Waals surface area contributed by atoms with Crippen LogP contribution in [0.15, 0.2) is 90.0 Å². The minimum Gasteiger partial charge on any atom is -0.497 e. The highest BCUT2D eigenvalue weighted by Gasteiger charge is 2.10. The summed E-state index contributed by atoms with van der Waals surface area (Å²) in [6, 6.07) is 26.1. The van der Waals surface area contributed by atoms with E-state index in [9.17, 15) is 4.79 Å². The fourth-order valence-electron chi connectivity index (χ4n) is 3.38. The highest BCUT2D eigenvalue weighted by Crippen LogP contribution is 2.32. The SMILES string of the molecule is COc1ccc(C(=O)NCCn2cc(SCc3ccccc3)c3ccccc32)cc1. The van der Waals surface area contributed by atoms with Gasteiger partial charge in [-0.3, -0.25) is 4.79 Å². The minimum atomic E-state index is -0.0761. The average molecular weight is 417 g/mol. The number of ether oxygens (including phenoxy) is 1. The number of fused-ring (bicyclic) bond motifs is 1. The predicted molar refractivity (Wildman–Crippen MR) is 123 cm³/mol. The Labute approximate surface area is 180 Å². The molecule has 0 unspecified atom stereocenters. The van der Waals surface area contributed by atoms with Gasteiger partial charge in [0.05, 0.1) is 7.11 Å². The first-order chi connectivity index (χ1) is 14.7. The third-order valence-corrected chi connectivity index (χ3v) is 6.09. The Hall–Kier alpha value is -3.18. The first-order valence-corrected chi connectivity index (χ1v) is 10.9. The van der Waals surface area contributed by atoms with Crippen molar-refractivity contribution >= 4 is 28.6 Å². The van der Waals surface area contributed by atoms with Crippen molar-refractivity contribution in [3.05, 3.63) is 96.2 Å². The maximum atomic E-state index is 12.4. The molecule has 1 heterocycles. The van der Waals surface area contributed by atoms with E-state index in [1.165, 1.54) is 21.4 Å². The molecule has 1 amide bonds. The molecule has 0 aliphatic heterocycles. The molecule has 1 N–H and O–H groups in total. The van der Waals surface area contributed by atoms with Crippen LogP contribution in [0.5, 0.6) is 5.75 Å². The number of rotatable bonds is 8. The Balaban J connectivity index is 1.41. The van der Waals surface area contributed by atoms with Crippen molar-refractivity contribution in [2.45, 2.75) is 17.2 Å². The molecular weight excluding hydrogens is 392 g/mol. The van der Waals surface area contributed by atoms with E-state index >= 15 is 0 Å². The number of nitrogens with zero attached hydrogens (tertiary/aromatic N) is 1. The summed E-state index contributed by atoms with van der Waals surface area (Å²) in [5, 5.41) is 4.26. The monoisotopic (exact) mass is 416 g/mol. The molecule has 0 bridgehead atoms. The molecule has 5 heteroatoms. The molecule has 0 spiro atoms. The lowest BCUT2D eigenvalue weighted by Gasteiger charge is -2.08. The average Bonchev–Trinajstić information content (AvgIpc) is 3.16. The van der Waals surface area contributed by atoms with Crippen LogP contribution in [0.4, 0.5) is 0 Å². The largest absolute Gasteiger partial charge is 0.497 e. The van der Waals surface area contributed by atoms with Gasteiger partial charge in [0.1, 0.15) is 5.75 Å². The molecule has 0 fully saturated rings. The normalized spacial score (nSPS) is 10.8. The second kappa shape index (κ2) is 9.55. The Bertz CT molecular complexity index is 1120. The fourth-order valence-corrected chi connectivity index (χ4v) is 4.43. The number of nitrogens with one attached hydrogen (secondary N) is 1. The van der Waals surface area contributed by atoms with E-state index in [0.29, 0.717) is 18.7 Å². The van der Waals surface area contributed by atoms with E-state index in [1.54, 1.807) is 31.4 Å². The molecule has 3 aromatic carbocycles. The lowest BCUT2D eigenvalue weighted by Crippen LogP contribution is -2.27. The van der Waals surface area contributed by atoms with Crippen LogP contribution >= 0.6 is 11.8 Å². The standard InChI is InChI=1S/C25H24N2O2S/c1-29-21-13-11-20(12-14-21)25(28)26-15-16-27-17-24(22-9-5-6-10-23(22)27)30-18-19-7-3-2-4-8-19/h2-14,17H,15-16,18H2,1H3,(H,26,28). The Morgan fingerprint density at radius 1 is 0.967 bits per heavy atom. The Kier molecular flexibility index (Phi) is 6.40. The molecule has 4 nitrogen and oxygen atoms in total. The molecule has 0 saturated carbocycles. The number of thioether (sulfide) groups is 1. The van der Waals surface area contributed by atoms with E-state index in [-0.39, 0.29) is 5.91 Å². The van der Waals surface area contributed by atoms with Gasteiger partial charge in [-0.1, -0.05) is 48.5 Å². The number of para-hydroxylation sites is 1. The molecule has 30 heavy (non-hydrogen) atoms. The van der Waals surface area contributed by atoms with Crippen molar-refractivity contribution in [2.75, 3.05) is 13.7 Å². The Morgan fingerprint density at radius 3 is 2.47 bits per heavy atom. The molecule has 4 aromatic rings. The highest BCUT2D eigenvalue weighted by atomic mass is 32.2. The van der Waals surface area contributed by atoms with Gasteiger partial charge in [0, 0.05) is 46.4 Å². The first kappa shape index (κ1) is 20.1. The van der Waals surface area contributed by atoms with Crippen LogP contribution in [0.25, 0.3) is 10.9 Å². The lowest BCUT2D eigenvalue weighted by molar-refractivity contribution is 0.0952. The summed E-state index contributed by atoms with van der Waals surface area (Å²) in [7, 11) is 1.61. The summed E-state index contributed by atoms with van der Waals surface area (Å²) < 4.78 is 7.36. The predicted octanol–water partition coefficient (Wildman–Crippen LogP) is 5.37. The zero-order valence-electron chi connectivity index (χ0n) is 16.9. The van der Waals surface area contributed by atoms with Crippen LogP contribution in [0.1, 0.15) is 15.9 Å². The van der Waals surface area contributed by atoms with Gasteiger partial charge in [0.25, 0.3) is 5.91 Å². The van der Waals surface area contributed by atoms with E-state index < -0.39 is 0 Å². The van der Waals surface area contributed by atoms with Crippen molar-refractivity contribution in [1.29, 1.82) is 0 Å².